The largest absolute Gasteiger partial charge is 0.388 e. The van der Waals surface area contributed by atoms with Crippen molar-refractivity contribution < 1.29 is 5.11 Å². The summed E-state index contributed by atoms with van der Waals surface area (Å²) < 4.78 is 0.796. The Morgan fingerprint density at radius 3 is 2.67 bits per heavy atom. The van der Waals surface area contributed by atoms with E-state index in [1.165, 1.54) is 6.42 Å². The van der Waals surface area contributed by atoms with Gasteiger partial charge in [-0.15, -0.1) is 0 Å². The maximum atomic E-state index is 10.7. The molecule has 1 heterocycles. The lowest BCUT2D eigenvalue weighted by Gasteiger charge is -2.36. The van der Waals surface area contributed by atoms with E-state index in [4.69, 9.17) is 0 Å². The van der Waals surface area contributed by atoms with Crippen LogP contribution in [0.5, 0.6) is 0 Å². The molecule has 1 aliphatic rings. The van der Waals surface area contributed by atoms with E-state index in [2.05, 4.69) is 45.1 Å². The van der Waals surface area contributed by atoms with Gasteiger partial charge in [-0.1, -0.05) is 20.3 Å². The normalized spacial score (nSPS) is 25.8. The van der Waals surface area contributed by atoms with Crippen molar-refractivity contribution in [2.75, 3.05) is 11.9 Å². The van der Waals surface area contributed by atoms with Gasteiger partial charge in [0.2, 0.25) is 0 Å². The average Bonchev–Trinajstić information content (AvgIpc) is 2.46. The van der Waals surface area contributed by atoms with Gasteiger partial charge in [0.15, 0.2) is 0 Å². The molecule has 2 rings (SSSR count). The van der Waals surface area contributed by atoms with Crippen LogP contribution in [0.25, 0.3) is 0 Å². The molecule has 0 aromatic carbocycles. The number of aromatic nitrogens is 2. The quantitative estimate of drug-likeness (QED) is 0.758. The Bertz CT molecular complexity index is 459. The Morgan fingerprint density at radius 1 is 1.33 bits per heavy atom. The van der Waals surface area contributed by atoms with Crippen LogP contribution in [-0.4, -0.2) is 27.2 Å². The molecule has 0 radical (unpaired) electrons. The predicted octanol–water partition coefficient (Wildman–Crippen LogP) is 3.93. The van der Waals surface area contributed by atoms with E-state index in [9.17, 15) is 5.11 Å². The van der Waals surface area contributed by atoms with E-state index in [1.807, 2.05) is 6.07 Å². The monoisotopic (exact) mass is 355 g/mol. The average molecular weight is 356 g/mol. The summed E-state index contributed by atoms with van der Waals surface area (Å²) in [4.78, 5) is 8.87. The van der Waals surface area contributed by atoms with Crippen LogP contribution in [0.15, 0.2) is 10.7 Å². The van der Waals surface area contributed by atoms with E-state index in [0.717, 1.165) is 60.7 Å². The smallest absolute Gasteiger partial charge is 0.132 e. The number of nitrogens with zero attached hydrogens (tertiary/aromatic N) is 2. The predicted molar refractivity (Wildman–Crippen MR) is 89.4 cm³/mol. The summed E-state index contributed by atoms with van der Waals surface area (Å²) in [6, 6.07) is 1.88. The molecule has 0 spiro atoms. The molecule has 0 amide bonds. The van der Waals surface area contributed by atoms with Crippen LogP contribution in [0.4, 0.5) is 5.82 Å². The lowest BCUT2D eigenvalue weighted by atomic mass is 9.78. The second-order valence-electron chi connectivity index (χ2n) is 6.17. The number of rotatable bonds is 6. The molecule has 0 saturated heterocycles. The molecular formula is C16H26BrN3O. The van der Waals surface area contributed by atoms with Crippen LogP contribution in [-0.2, 0) is 6.42 Å². The molecule has 4 nitrogen and oxygen atoms in total. The Balaban J connectivity index is 1.93. The van der Waals surface area contributed by atoms with E-state index >= 15 is 0 Å². The van der Waals surface area contributed by atoms with Crippen molar-refractivity contribution in [3.63, 3.8) is 0 Å². The molecule has 118 valence electrons. The first-order valence-electron chi connectivity index (χ1n) is 8.04. The summed E-state index contributed by atoms with van der Waals surface area (Å²) in [5, 5.41) is 14.0. The third-order valence-electron chi connectivity index (χ3n) is 4.43. The van der Waals surface area contributed by atoms with Gasteiger partial charge in [-0.05, 0) is 54.0 Å². The van der Waals surface area contributed by atoms with Crippen LogP contribution in [0.1, 0.15) is 58.2 Å². The molecule has 0 unspecified atom stereocenters. The molecule has 5 heteroatoms. The number of halogens is 1. The van der Waals surface area contributed by atoms with Gasteiger partial charge < -0.3 is 10.4 Å². The fraction of sp³-hybridized carbons (Fsp3) is 0.750. The number of hydrogen-bond acceptors (Lipinski definition) is 4. The Morgan fingerprint density at radius 2 is 2.05 bits per heavy atom. The molecule has 1 saturated carbocycles. The van der Waals surface area contributed by atoms with Crippen LogP contribution < -0.4 is 5.32 Å². The summed E-state index contributed by atoms with van der Waals surface area (Å²) in [7, 11) is 0. The highest BCUT2D eigenvalue weighted by Gasteiger charge is 2.32. The van der Waals surface area contributed by atoms with Crippen molar-refractivity contribution in [2.45, 2.75) is 64.4 Å². The summed E-state index contributed by atoms with van der Waals surface area (Å²) >= 11 is 3.43. The fourth-order valence-corrected chi connectivity index (χ4v) is 3.37. The summed E-state index contributed by atoms with van der Waals surface area (Å²) in [5.41, 5.74) is -0.589. The van der Waals surface area contributed by atoms with Crippen molar-refractivity contribution in [2.24, 2.45) is 5.92 Å². The maximum Gasteiger partial charge on any atom is 0.132 e. The summed E-state index contributed by atoms with van der Waals surface area (Å²) in [5.74, 6) is 2.43. The number of aryl methyl sites for hydroxylation is 1. The van der Waals surface area contributed by atoms with E-state index in [0.29, 0.717) is 6.54 Å². The Labute approximate surface area is 135 Å². The van der Waals surface area contributed by atoms with Crippen LogP contribution in [0, 0.1) is 5.92 Å². The van der Waals surface area contributed by atoms with Gasteiger partial charge in [-0.25, -0.2) is 9.97 Å². The van der Waals surface area contributed by atoms with Crippen molar-refractivity contribution in [3.05, 3.63) is 16.5 Å². The summed E-state index contributed by atoms with van der Waals surface area (Å²) in [6.07, 6.45) is 7.14. The first-order valence-corrected chi connectivity index (χ1v) is 8.83. The van der Waals surface area contributed by atoms with E-state index in [1.54, 1.807) is 0 Å². The molecule has 0 atom stereocenters. The van der Waals surface area contributed by atoms with Gasteiger partial charge >= 0.3 is 0 Å². The topological polar surface area (TPSA) is 58.0 Å². The number of hydrogen-bond donors (Lipinski definition) is 2. The van der Waals surface area contributed by atoms with Crippen molar-refractivity contribution in [1.29, 1.82) is 0 Å². The highest BCUT2D eigenvalue weighted by atomic mass is 79.9. The zero-order chi connectivity index (χ0) is 15.3. The van der Waals surface area contributed by atoms with Gasteiger partial charge in [-0.2, -0.15) is 0 Å². The minimum atomic E-state index is -0.589. The van der Waals surface area contributed by atoms with E-state index in [-0.39, 0.29) is 0 Å². The fourth-order valence-electron chi connectivity index (χ4n) is 2.95. The van der Waals surface area contributed by atoms with Crippen LogP contribution in [0.3, 0.4) is 0 Å². The Hall–Kier alpha value is -0.680. The van der Waals surface area contributed by atoms with Crippen LogP contribution >= 0.6 is 15.9 Å². The first-order chi connectivity index (χ1) is 10.0. The summed E-state index contributed by atoms with van der Waals surface area (Å²) in [6.45, 7) is 4.92. The minimum absolute atomic E-state index is 0.568. The molecule has 21 heavy (non-hydrogen) atoms. The van der Waals surface area contributed by atoms with Gasteiger partial charge in [-0.3, -0.25) is 0 Å². The zero-order valence-corrected chi connectivity index (χ0v) is 14.6. The van der Waals surface area contributed by atoms with Crippen molar-refractivity contribution >= 4 is 21.7 Å². The molecule has 2 N–H and O–H groups in total. The highest BCUT2D eigenvalue weighted by molar-refractivity contribution is 9.10. The second kappa shape index (κ2) is 7.54. The minimum Gasteiger partial charge on any atom is -0.388 e. The third-order valence-corrected chi connectivity index (χ3v) is 4.83. The third kappa shape index (κ3) is 4.92. The lowest BCUT2D eigenvalue weighted by molar-refractivity contribution is 0.00222. The molecule has 0 bridgehead atoms. The molecule has 1 aromatic heterocycles. The number of nitrogens with one attached hydrogen (secondary N) is 1. The van der Waals surface area contributed by atoms with Gasteiger partial charge in [0, 0.05) is 19.0 Å². The Kier molecular flexibility index (Phi) is 5.99. The van der Waals surface area contributed by atoms with Crippen molar-refractivity contribution in [1.82, 2.24) is 9.97 Å². The maximum absolute atomic E-state index is 10.7. The number of aliphatic hydroxyl groups is 1. The van der Waals surface area contributed by atoms with Gasteiger partial charge in [0.25, 0.3) is 0 Å². The molecule has 0 aliphatic heterocycles. The molecule has 1 aliphatic carbocycles. The molecular weight excluding hydrogens is 330 g/mol. The van der Waals surface area contributed by atoms with Gasteiger partial charge in [0.05, 0.1) is 5.60 Å². The molecule has 1 aromatic rings. The lowest BCUT2D eigenvalue weighted by Crippen LogP contribution is -2.40. The zero-order valence-electron chi connectivity index (χ0n) is 13.0. The van der Waals surface area contributed by atoms with Crippen LogP contribution in [0.2, 0.25) is 0 Å². The van der Waals surface area contributed by atoms with Crippen molar-refractivity contribution in [3.8, 4) is 0 Å². The first kappa shape index (κ1) is 16.7. The number of anilines is 1. The SMILES string of the molecule is CCCc1nc(Br)cc(NCC2(O)CCC(CC)CC2)n1. The second-order valence-corrected chi connectivity index (χ2v) is 6.98. The van der Waals surface area contributed by atoms with Gasteiger partial charge in [0.1, 0.15) is 16.2 Å². The highest BCUT2D eigenvalue weighted by Crippen LogP contribution is 2.33. The standard InChI is InChI=1S/C16H26BrN3O/c1-3-5-14-19-13(17)10-15(20-14)18-11-16(21)8-6-12(4-2)7-9-16/h10,12,21H,3-9,11H2,1-2H3,(H,18,19,20). The van der Waals surface area contributed by atoms with E-state index < -0.39 is 5.60 Å². The molecule has 1 fully saturated rings.